The topological polar surface area (TPSA) is 40.8 Å². The molecule has 0 saturated carbocycles. The number of carbonyl (C=O) groups excluding carboxylic acids is 1. The molecule has 5 heteroatoms. The van der Waals surface area contributed by atoms with Gasteiger partial charge in [-0.1, -0.05) is 45.0 Å². The summed E-state index contributed by atoms with van der Waals surface area (Å²) in [6.45, 7) is 14.8. The Morgan fingerprint density at radius 2 is 2.04 bits per heavy atom. The molecule has 23 heavy (non-hydrogen) atoms. The third-order valence-electron chi connectivity index (χ3n) is 3.88. The molecule has 1 saturated heterocycles. The van der Waals surface area contributed by atoms with Crippen LogP contribution in [0.2, 0.25) is 0 Å². The van der Waals surface area contributed by atoms with Crippen molar-refractivity contribution in [2.75, 3.05) is 18.0 Å². The number of benzene rings is 1. The Bertz CT molecular complexity index is 782. The van der Waals surface area contributed by atoms with Gasteiger partial charge >= 0.3 is 12.2 Å². The minimum atomic E-state index is -0.502. The highest BCUT2D eigenvalue weighted by molar-refractivity contribution is 6.04. The van der Waals surface area contributed by atoms with Crippen LogP contribution in [0.3, 0.4) is 0 Å². The van der Waals surface area contributed by atoms with Gasteiger partial charge in [0.05, 0.1) is 11.9 Å². The summed E-state index contributed by atoms with van der Waals surface area (Å²) in [5.41, 5.74) is 0.709. The summed E-state index contributed by atoms with van der Waals surface area (Å²) < 4.78 is 0. The second-order valence-corrected chi connectivity index (χ2v) is 7.08. The van der Waals surface area contributed by atoms with E-state index in [-0.39, 0.29) is 11.4 Å². The second kappa shape index (κ2) is 5.54. The molecule has 118 valence electrons. The summed E-state index contributed by atoms with van der Waals surface area (Å²) in [4.78, 5) is 24.2. The Hall–Kier alpha value is -2.61. The summed E-state index contributed by atoms with van der Waals surface area (Å²) in [5.74, 6) is 0. The van der Waals surface area contributed by atoms with Crippen molar-refractivity contribution >= 4 is 22.5 Å². The molecule has 0 N–H and O–H groups in total. The fourth-order valence-electron chi connectivity index (χ4n) is 3.00. The largest absolute Gasteiger partial charge is 0.330 e. The minimum absolute atomic E-state index is 0.00471. The molecule has 1 aromatic carbocycles. The molecule has 2 amide bonds. The van der Waals surface area contributed by atoms with E-state index in [0.717, 1.165) is 10.8 Å². The Balaban J connectivity index is 2.03. The van der Waals surface area contributed by atoms with Crippen LogP contribution in [-0.2, 0) is 0 Å². The van der Waals surface area contributed by atoms with Crippen molar-refractivity contribution in [1.82, 2.24) is 9.88 Å². The van der Waals surface area contributed by atoms with Gasteiger partial charge in [-0.05, 0) is 5.41 Å². The van der Waals surface area contributed by atoms with Crippen molar-refractivity contribution in [2.45, 2.75) is 26.9 Å². The zero-order valence-corrected chi connectivity index (χ0v) is 13.7. The fourth-order valence-corrected chi connectivity index (χ4v) is 3.00. The quantitative estimate of drug-likeness (QED) is 0.792. The van der Waals surface area contributed by atoms with Crippen LogP contribution in [-0.4, -0.2) is 35.2 Å². The lowest BCUT2D eigenvalue weighted by atomic mass is 9.96. The molecule has 0 spiro atoms. The molecule has 3 rings (SSSR count). The molecule has 2 heterocycles. The number of hydrogen-bond acceptors (Lipinski definition) is 2. The Morgan fingerprint density at radius 3 is 2.74 bits per heavy atom. The Kier molecular flexibility index (Phi) is 3.69. The molecule has 1 atom stereocenters. The zero-order chi connectivity index (χ0) is 16.6. The van der Waals surface area contributed by atoms with E-state index in [9.17, 15) is 4.79 Å². The molecule has 0 bridgehead atoms. The monoisotopic (exact) mass is 308 g/mol. The van der Waals surface area contributed by atoms with E-state index in [0.29, 0.717) is 18.8 Å². The molecule has 0 radical (unpaired) electrons. The van der Waals surface area contributed by atoms with E-state index in [1.54, 1.807) is 22.2 Å². The fraction of sp³-hybridized carbons (Fsp3) is 0.389. The standard InChI is InChI=1S/C18H20N4O/c1-18(2,3)12-21-11-16(19-4)22(17(21)23)15-10-20-9-13-7-5-6-8-14(13)15/h5-10,16H,11-12H2,1-3H3/t16-/m1/s1. The second-order valence-electron chi connectivity index (χ2n) is 7.08. The summed E-state index contributed by atoms with van der Waals surface area (Å²) in [6.07, 6.45) is 2.95. The smallest absolute Gasteiger partial charge is 0.314 e. The summed E-state index contributed by atoms with van der Waals surface area (Å²) in [6, 6.07) is 7.70. The van der Waals surface area contributed by atoms with Gasteiger partial charge in [-0.2, -0.15) is 0 Å². The molecule has 1 aliphatic rings. The lowest BCUT2D eigenvalue weighted by Crippen LogP contribution is -2.37. The molecule has 2 aromatic rings. The molecular weight excluding hydrogens is 288 g/mol. The van der Waals surface area contributed by atoms with Crippen molar-refractivity contribution in [3.05, 3.63) is 48.1 Å². The van der Waals surface area contributed by atoms with E-state index >= 15 is 0 Å². The number of aromatic nitrogens is 1. The lowest BCUT2D eigenvalue weighted by molar-refractivity contribution is 0.197. The van der Waals surface area contributed by atoms with Crippen molar-refractivity contribution in [2.24, 2.45) is 5.41 Å². The lowest BCUT2D eigenvalue weighted by Gasteiger charge is -2.25. The van der Waals surface area contributed by atoms with Gasteiger partial charge in [-0.15, -0.1) is 0 Å². The Morgan fingerprint density at radius 1 is 1.30 bits per heavy atom. The van der Waals surface area contributed by atoms with E-state index in [4.69, 9.17) is 6.57 Å². The van der Waals surface area contributed by atoms with Crippen LogP contribution in [0, 0.1) is 12.0 Å². The maximum atomic E-state index is 12.9. The predicted octanol–water partition coefficient (Wildman–Crippen LogP) is 3.77. The minimum Gasteiger partial charge on any atom is -0.314 e. The average Bonchev–Trinajstić information content (AvgIpc) is 2.81. The summed E-state index contributed by atoms with van der Waals surface area (Å²) in [5, 5.41) is 1.91. The maximum absolute atomic E-state index is 12.9. The first-order valence-corrected chi connectivity index (χ1v) is 7.68. The highest BCUT2D eigenvalue weighted by atomic mass is 16.2. The number of fused-ring (bicyclic) bond motifs is 1. The van der Waals surface area contributed by atoms with Crippen LogP contribution in [0.4, 0.5) is 10.5 Å². The van der Waals surface area contributed by atoms with Crippen LogP contribution in [0.25, 0.3) is 15.6 Å². The highest BCUT2D eigenvalue weighted by Crippen LogP contribution is 2.32. The molecule has 0 aliphatic carbocycles. The molecule has 1 fully saturated rings. The van der Waals surface area contributed by atoms with E-state index in [2.05, 4.69) is 30.6 Å². The number of rotatable bonds is 2. The average molecular weight is 308 g/mol. The molecule has 5 nitrogen and oxygen atoms in total. The number of urea groups is 1. The van der Waals surface area contributed by atoms with Crippen molar-refractivity contribution in [3.63, 3.8) is 0 Å². The van der Waals surface area contributed by atoms with E-state index in [1.807, 2.05) is 24.3 Å². The van der Waals surface area contributed by atoms with Crippen molar-refractivity contribution in [3.8, 4) is 0 Å². The summed E-state index contributed by atoms with van der Waals surface area (Å²) >= 11 is 0. The number of pyridine rings is 1. The molecule has 1 aliphatic heterocycles. The molecular formula is C18H20N4O. The van der Waals surface area contributed by atoms with Gasteiger partial charge in [0.15, 0.2) is 0 Å². The SMILES string of the molecule is [C-]#[N+][C@H]1CN(CC(C)(C)C)C(=O)N1c1cncc2ccccc12. The number of nitrogens with zero attached hydrogens (tertiary/aromatic N) is 4. The number of amides is 2. The first-order valence-electron chi connectivity index (χ1n) is 7.68. The van der Waals surface area contributed by atoms with Gasteiger partial charge in [-0.3, -0.25) is 9.83 Å². The van der Waals surface area contributed by atoms with Crippen molar-refractivity contribution in [1.29, 1.82) is 0 Å². The Labute approximate surface area is 136 Å². The first kappa shape index (κ1) is 15.3. The predicted molar refractivity (Wildman–Crippen MR) is 91.0 cm³/mol. The molecule has 1 aromatic heterocycles. The van der Waals surface area contributed by atoms with E-state index in [1.165, 1.54) is 0 Å². The highest BCUT2D eigenvalue weighted by Gasteiger charge is 2.44. The summed E-state index contributed by atoms with van der Waals surface area (Å²) in [7, 11) is 0. The van der Waals surface area contributed by atoms with Gasteiger partial charge < -0.3 is 4.90 Å². The van der Waals surface area contributed by atoms with Gasteiger partial charge in [-0.25, -0.2) is 16.3 Å². The van der Waals surface area contributed by atoms with Gasteiger partial charge in [0.1, 0.15) is 6.54 Å². The van der Waals surface area contributed by atoms with E-state index < -0.39 is 6.17 Å². The van der Waals surface area contributed by atoms with Crippen molar-refractivity contribution < 1.29 is 4.79 Å². The van der Waals surface area contributed by atoms with Crippen LogP contribution < -0.4 is 4.90 Å². The normalized spacial score (nSPS) is 18.5. The van der Waals surface area contributed by atoms with Crippen LogP contribution in [0.1, 0.15) is 20.8 Å². The van der Waals surface area contributed by atoms with Gasteiger partial charge in [0.2, 0.25) is 0 Å². The zero-order valence-electron chi connectivity index (χ0n) is 13.7. The van der Waals surface area contributed by atoms with Gasteiger partial charge in [0, 0.05) is 23.5 Å². The number of anilines is 1. The van der Waals surface area contributed by atoms with Crippen LogP contribution in [0.5, 0.6) is 0 Å². The van der Waals surface area contributed by atoms with Gasteiger partial charge in [0.25, 0.3) is 0 Å². The van der Waals surface area contributed by atoms with Crippen LogP contribution in [0.15, 0.2) is 36.7 Å². The molecule has 0 unspecified atom stereocenters. The maximum Gasteiger partial charge on any atom is 0.330 e. The van der Waals surface area contributed by atoms with Crippen LogP contribution >= 0.6 is 0 Å². The third-order valence-corrected chi connectivity index (χ3v) is 3.88. The number of hydrogen-bond donors (Lipinski definition) is 0. The first-order chi connectivity index (χ1) is 10.9. The number of carbonyl (C=O) groups is 1. The third kappa shape index (κ3) is 2.85.